The van der Waals surface area contributed by atoms with Gasteiger partial charge < -0.3 is 18.7 Å². The highest BCUT2D eigenvalue weighted by Gasteiger charge is 2.34. The molecule has 0 bridgehead atoms. The van der Waals surface area contributed by atoms with Crippen molar-refractivity contribution < 1.29 is 27.2 Å². The number of sulfonamides is 1. The summed E-state index contributed by atoms with van der Waals surface area (Å²) in [5, 5.41) is 4.30. The number of ether oxygens (including phenoxy) is 3. The monoisotopic (exact) mass is 493 g/mol. The van der Waals surface area contributed by atoms with Crippen molar-refractivity contribution in [3.8, 4) is 28.6 Å². The molecule has 1 atom stereocenters. The van der Waals surface area contributed by atoms with Gasteiger partial charge in [0.15, 0.2) is 11.5 Å². The minimum atomic E-state index is -3.74. The highest BCUT2D eigenvalue weighted by atomic mass is 35.5. The first kappa shape index (κ1) is 23.3. The SMILES string of the molecule is COc1cc(-c2noc([C@H]3CCCN(S(=O)(=O)c4ccccc4Cl)C3)n2)cc(OC)c1OC. The third-order valence-corrected chi connectivity index (χ3v) is 7.92. The minimum absolute atomic E-state index is 0.0935. The molecule has 0 radical (unpaired) electrons. The van der Waals surface area contributed by atoms with E-state index in [1.54, 1.807) is 30.3 Å². The summed E-state index contributed by atoms with van der Waals surface area (Å²) in [6.07, 6.45) is 1.39. The molecule has 1 aromatic heterocycles. The van der Waals surface area contributed by atoms with E-state index in [0.717, 1.165) is 6.42 Å². The van der Waals surface area contributed by atoms with Gasteiger partial charge in [0.25, 0.3) is 0 Å². The second-order valence-electron chi connectivity index (χ2n) is 7.50. The number of piperidine rings is 1. The summed E-state index contributed by atoms with van der Waals surface area (Å²) >= 11 is 6.15. The number of rotatable bonds is 7. The molecule has 3 aromatic rings. The fraction of sp³-hybridized carbons (Fsp3) is 0.364. The van der Waals surface area contributed by atoms with Gasteiger partial charge in [-0.15, -0.1) is 0 Å². The summed E-state index contributed by atoms with van der Waals surface area (Å²) < 4.78 is 49.4. The standard InChI is InChI=1S/C22H24ClN3O6S/c1-29-17-11-15(12-18(30-2)20(17)31-3)21-24-22(32-25-21)14-7-6-10-26(13-14)33(27,28)19-9-5-4-8-16(19)23/h4-5,8-9,11-12,14H,6-7,10,13H2,1-3H3/t14-/m0/s1. The molecular weight excluding hydrogens is 470 g/mol. The maximum absolute atomic E-state index is 13.1. The van der Waals surface area contributed by atoms with Gasteiger partial charge >= 0.3 is 0 Å². The Morgan fingerprint density at radius 3 is 2.42 bits per heavy atom. The van der Waals surface area contributed by atoms with Crippen LogP contribution in [0.25, 0.3) is 11.4 Å². The summed E-state index contributed by atoms with van der Waals surface area (Å²) in [6, 6.07) is 9.88. The number of nitrogens with zero attached hydrogens (tertiary/aromatic N) is 3. The first-order valence-corrected chi connectivity index (χ1v) is 12.1. The van der Waals surface area contributed by atoms with Crippen molar-refractivity contribution >= 4 is 21.6 Å². The molecule has 1 fully saturated rings. The Morgan fingerprint density at radius 2 is 1.79 bits per heavy atom. The third kappa shape index (κ3) is 4.50. The van der Waals surface area contributed by atoms with Crippen LogP contribution in [0.2, 0.25) is 5.02 Å². The number of methoxy groups -OCH3 is 3. The lowest BCUT2D eigenvalue weighted by Crippen LogP contribution is -2.39. The molecule has 1 saturated heterocycles. The molecule has 0 saturated carbocycles. The van der Waals surface area contributed by atoms with Crippen LogP contribution < -0.4 is 14.2 Å². The van der Waals surface area contributed by atoms with E-state index < -0.39 is 10.0 Å². The Kier molecular flexibility index (Phi) is 6.78. The van der Waals surface area contributed by atoms with Gasteiger partial charge in [0.2, 0.25) is 27.5 Å². The maximum Gasteiger partial charge on any atom is 0.244 e. The van der Waals surface area contributed by atoms with Gasteiger partial charge in [-0.2, -0.15) is 9.29 Å². The van der Waals surface area contributed by atoms with Gasteiger partial charge in [0.05, 0.1) is 32.3 Å². The Labute approximate surface area is 197 Å². The van der Waals surface area contributed by atoms with Gasteiger partial charge in [0, 0.05) is 18.7 Å². The van der Waals surface area contributed by atoms with E-state index in [2.05, 4.69) is 10.1 Å². The zero-order valence-corrected chi connectivity index (χ0v) is 20.0. The Hall–Kier alpha value is -2.82. The molecule has 9 nitrogen and oxygen atoms in total. The lowest BCUT2D eigenvalue weighted by Gasteiger charge is -2.30. The lowest BCUT2D eigenvalue weighted by molar-refractivity contribution is 0.265. The molecule has 0 aliphatic carbocycles. The van der Waals surface area contributed by atoms with E-state index in [1.165, 1.54) is 31.7 Å². The highest BCUT2D eigenvalue weighted by molar-refractivity contribution is 7.89. The smallest absolute Gasteiger partial charge is 0.244 e. The maximum atomic E-state index is 13.1. The Balaban J connectivity index is 1.60. The Morgan fingerprint density at radius 1 is 1.09 bits per heavy atom. The molecule has 0 unspecified atom stereocenters. The molecule has 1 aliphatic rings. The zero-order chi connectivity index (χ0) is 23.6. The summed E-state index contributed by atoms with van der Waals surface area (Å²) in [7, 11) is 0.839. The van der Waals surface area contributed by atoms with Crippen molar-refractivity contribution in [1.82, 2.24) is 14.4 Å². The van der Waals surface area contributed by atoms with Crippen LogP contribution in [0.1, 0.15) is 24.7 Å². The molecule has 1 aliphatic heterocycles. The van der Waals surface area contributed by atoms with Gasteiger partial charge in [-0.05, 0) is 37.1 Å². The second kappa shape index (κ2) is 9.58. The van der Waals surface area contributed by atoms with Crippen molar-refractivity contribution in [3.63, 3.8) is 0 Å². The van der Waals surface area contributed by atoms with Crippen LogP contribution >= 0.6 is 11.6 Å². The predicted octanol–water partition coefficient (Wildman–Crippen LogP) is 3.98. The van der Waals surface area contributed by atoms with Gasteiger partial charge in [0.1, 0.15) is 4.90 Å². The molecule has 0 amide bonds. The summed E-state index contributed by atoms with van der Waals surface area (Å²) in [4.78, 5) is 4.63. The van der Waals surface area contributed by atoms with Crippen LogP contribution in [-0.2, 0) is 10.0 Å². The van der Waals surface area contributed by atoms with E-state index in [-0.39, 0.29) is 22.4 Å². The first-order valence-electron chi connectivity index (χ1n) is 10.3. The summed E-state index contributed by atoms with van der Waals surface area (Å²) in [5.74, 6) is 1.87. The number of hydrogen-bond acceptors (Lipinski definition) is 8. The lowest BCUT2D eigenvalue weighted by atomic mass is 10.00. The average molecular weight is 494 g/mol. The van der Waals surface area contributed by atoms with Crippen LogP contribution in [0.4, 0.5) is 0 Å². The number of aromatic nitrogens is 2. The molecular formula is C22H24ClN3O6S. The van der Waals surface area contributed by atoms with Crippen LogP contribution in [0.5, 0.6) is 17.2 Å². The highest BCUT2D eigenvalue weighted by Crippen LogP contribution is 2.41. The molecule has 2 heterocycles. The van der Waals surface area contributed by atoms with Crippen molar-refractivity contribution in [3.05, 3.63) is 47.3 Å². The normalized spacial score (nSPS) is 17.0. The minimum Gasteiger partial charge on any atom is -0.493 e. The van der Waals surface area contributed by atoms with E-state index in [0.29, 0.717) is 47.5 Å². The van der Waals surface area contributed by atoms with Crippen LogP contribution in [0.15, 0.2) is 45.8 Å². The average Bonchev–Trinajstić information content (AvgIpc) is 3.33. The topological polar surface area (TPSA) is 104 Å². The number of benzene rings is 2. The van der Waals surface area contributed by atoms with Crippen molar-refractivity contribution in [2.75, 3.05) is 34.4 Å². The van der Waals surface area contributed by atoms with Crippen LogP contribution in [0.3, 0.4) is 0 Å². The van der Waals surface area contributed by atoms with E-state index in [4.69, 9.17) is 30.3 Å². The van der Waals surface area contributed by atoms with E-state index >= 15 is 0 Å². The fourth-order valence-corrected chi connectivity index (χ4v) is 5.90. The fourth-order valence-electron chi connectivity index (χ4n) is 3.88. The third-order valence-electron chi connectivity index (χ3n) is 5.55. The van der Waals surface area contributed by atoms with Gasteiger partial charge in [-0.1, -0.05) is 28.9 Å². The molecule has 4 rings (SSSR count). The van der Waals surface area contributed by atoms with E-state index in [1.807, 2.05) is 0 Å². The van der Waals surface area contributed by atoms with Crippen molar-refractivity contribution in [2.24, 2.45) is 0 Å². The molecule has 0 N–H and O–H groups in total. The quantitative estimate of drug-likeness (QED) is 0.486. The number of hydrogen-bond donors (Lipinski definition) is 0. The Bertz CT molecular complexity index is 1220. The zero-order valence-electron chi connectivity index (χ0n) is 18.4. The van der Waals surface area contributed by atoms with E-state index in [9.17, 15) is 8.42 Å². The van der Waals surface area contributed by atoms with Crippen molar-refractivity contribution in [1.29, 1.82) is 0 Å². The summed E-state index contributed by atoms with van der Waals surface area (Å²) in [6.45, 7) is 0.627. The molecule has 33 heavy (non-hydrogen) atoms. The predicted molar refractivity (Wildman–Crippen MR) is 122 cm³/mol. The van der Waals surface area contributed by atoms with Crippen LogP contribution in [-0.4, -0.2) is 57.3 Å². The molecule has 2 aromatic carbocycles. The van der Waals surface area contributed by atoms with Crippen molar-refractivity contribution in [2.45, 2.75) is 23.7 Å². The molecule has 0 spiro atoms. The molecule has 11 heteroatoms. The van der Waals surface area contributed by atoms with Gasteiger partial charge in [-0.25, -0.2) is 8.42 Å². The first-order chi connectivity index (χ1) is 15.9. The summed E-state index contributed by atoms with van der Waals surface area (Å²) in [5.41, 5.74) is 0.621. The van der Waals surface area contributed by atoms with Crippen LogP contribution in [0, 0.1) is 0 Å². The molecule has 176 valence electrons. The second-order valence-corrected chi connectivity index (χ2v) is 9.82. The van der Waals surface area contributed by atoms with Gasteiger partial charge in [-0.3, -0.25) is 0 Å². The largest absolute Gasteiger partial charge is 0.493 e. The number of halogens is 1.